The maximum absolute atomic E-state index is 13.8. The molecule has 1 aliphatic rings. The average Bonchev–Trinajstić information content (AvgIpc) is 2.94. The van der Waals surface area contributed by atoms with E-state index >= 15 is 0 Å². The summed E-state index contributed by atoms with van der Waals surface area (Å²) in [6.07, 6.45) is 2.94. The summed E-state index contributed by atoms with van der Waals surface area (Å²) in [6.45, 7) is 0. The Kier molecular flexibility index (Phi) is 3.45. The van der Waals surface area contributed by atoms with Gasteiger partial charge in [-0.15, -0.1) is 0 Å². The molecule has 0 radical (unpaired) electrons. The number of benzene rings is 1. The quantitative estimate of drug-likeness (QED) is 0.787. The van der Waals surface area contributed by atoms with Crippen molar-refractivity contribution in [2.24, 2.45) is 12.8 Å². The highest BCUT2D eigenvalue weighted by Crippen LogP contribution is 2.34. The van der Waals surface area contributed by atoms with E-state index in [0.717, 1.165) is 11.1 Å². The number of hydrogen-bond acceptors (Lipinski definition) is 5. The van der Waals surface area contributed by atoms with Crippen molar-refractivity contribution in [3.63, 3.8) is 0 Å². The number of nitrogens with zero attached hydrogens (tertiary/aromatic N) is 4. The molecule has 0 saturated carbocycles. The molecule has 4 rings (SSSR count). The van der Waals surface area contributed by atoms with E-state index < -0.39 is 11.7 Å². The third-order valence-corrected chi connectivity index (χ3v) is 4.13. The number of amides is 1. The predicted molar refractivity (Wildman–Crippen MR) is 86.6 cm³/mol. The Morgan fingerprint density at radius 1 is 1.32 bits per heavy atom. The lowest BCUT2D eigenvalue weighted by atomic mass is 9.93. The van der Waals surface area contributed by atoms with Gasteiger partial charge in [0.2, 0.25) is 0 Å². The molecule has 8 heteroatoms. The van der Waals surface area contributed by atoms with Gasteiger partial charge in [-0.25, -0.2) is 9.37 Å². The van der Waals surface area contributed by atoms with E-state index in [1.54, 1.807) is 30.1 Å². The first-order chi connectivity index (χ1) is 12.0. The molecule has 0 saturated heterocycles. The Bertz CT molecular complexity index is 999. The minimum Gasteiger partial charge on any atom is -0.421 e. The van der Waals surface area contributed by atoms with Gasteiger partial charge in [0.05, 0.1) is 11.4 Å². The zero-order valence-corrected chi connectivity index (χ0v) is 13.4. The van der Waals surface area contributed by atoms with Crippen LogP contribution in [0, 0.1) is 5.82 Å². The third-order valence-electron chi connectivity index (χ3n) is 4.13. The van der Waals surface area contributed by atoms with Gasteiger partial charge >= 0.3 is 6.01 Å². The van der Waals surface area contributed by atoms with Crippen LogP contribution in [-0.2, 0) is 19.9 Å². The standard InChI is InChI=1S/C17H14FN5O2/c1-23-15-10(14(22-23)16(19)24)7-6-9-8-20-17(21-13(9)15)25-12-5-3-2-4-11(12)18/h2-5,8H,6-7H2,1H3,(H2,19,24). The lowest BCUT2D eigenvalue weighted by molar-refractivity contribution is 0.0994. The molecule has 1 aliphatic carbocycles. The first-order valence-electron chi connectivity index (χ1n) is 7.69. The molecular formula is C17H14FN5O2. The zero-order chi connectivity index (χ0) is 17.6. The number of para-hydroxylation sites is 1. The molecule has 0 aliphatic heterocycles. The molecule has 7 nitrogen and oxygen atoms in total. The molecular weight excluding hydrogens is 325 g/mol. The number of carbonyl (C=O) groups is 1. The van der Waals surface area contributed by atoms with Gasteiger partial charge in [0.15, 0.2) is 17.3 Å². The second kappa shape index (κ2) is 5.66. The Morgan fingerprint density at radius 2 is 2.12 bits per heavy atom. The average molecular weight is 339 g/mol. The van der Waals surface area contributed by atoms with Crippen LogP contribution in [0.4, 0.5) is 4.39 Å². The van der Waals surface area contributed by atoms with Gasteiger partial charge in [0.1, 0.15) is 0 Å². The highest BCUT2D eigenvalue weighted by atomic mass is 19.1. The molecule has 0 bridgehead atoms. The van der Waals surface area contributed by atoms with E-state index in [9.17, 15) is 9.18 Å². The summed E-state index contributed by atoms with van der Waals surface area (Å²) in [5, 5.41) is 4.20. The minimum absolute atomic E-state index is 0.0264. The van der Waals surface area contributed by atoms with Gasteiger partial charge < -0.3 is 10.5 Å². The molecule has 1 aromatic carbocycles. The number of halogens is 1. The van der Waals surface area contributed by atoms with Crippen molar-refractivity contribution in [1.82, 2.24) is 19.7 Å². The van der Waals surface area contributed by atoms with Crippen molar-refractivity contribution in [2.45, 2.75) is 12.8 Å². The van der Waals surface area contributed by atoms with Crippen molar-refractivity contribution >= 4 is 5.91 Å². The van der Waals surface area contributed by atoms with Crippen molar-refractivity contribution in [1.29, 1.82) is 0 Å². The second-order valence-electron chi connectivity index (χ2n) is 5.72. The molecule has 0 fully saturated rings. The summed E-state index contributed by atoms with van der Waals surface area (Å²) in [7, 11) is 1.72. The van der Waals surface area contributed by atoms with Crippen LogP contribution in [0.1, 0.15) is 21.6 Å². The number of rotatable bonds is 3. The fourth-order valence-electron chi connectivity index (χ4n) is 3.01. The zero-order valence-electron chi connectivity index (χ0n) is 13.4. The Hall–Kier alpha value is -3.29. The van der Waals surface area contributed by atoms with Gasteiger partial charge in [-0.3, -0.25) is 9.48 Å². The van der Waals surface area contributed by atoms with Crippen LogP contribution in [0.25, 0.3) is 11.4 Å². The van der Waals surface area contributed by atoms with Crippen molar-refractivity contribution < 1.29 is 13.9 Å². The number of aryl methyl sites for hydroxylation is 2. The molecule has 0 atom stereocenters. The van der Waals surface area contributed by atoms with E-state index in [4.69, 9.17) is 10.5 Å². The Labute approximate surface area is 142 Å². The normalized spacial score (nSPS) is 12.4. The molecule has 25 heavy (non-hydrogen) atoms. The highest BCUT2D eigenvalue weighted by Gasteiger charge is 2.28. The summed E-state index contributed by atoms with van der Waals surface area (Å²) in [5.74, 6) is -1.03. The fourth-order valence-corrected chi connectivity index (χ4v) is 3.01. The van der Waals surface area contributed by atoms with Gasteiger partial charge in [-0.05, 0) is 30.5 Å². The minimum atomic E-state index is -0.572. The van der Waals surface area contributed by atoms with Crippen LogP contribution >= 0.6 is 0 Å². The van der Waals surface area contributed by atoms with E-state index in [1.165, 1.54) is 12.1 Å². The van der Waals surface area contributed by atoms with Crippen LogP contribution in [0.5, 0.6) is 11.8 Å². The third kappa shape index (κ3) is 2.51. The summed E-state index contributed by atoms with van der Waals surface area (Å²) in [5.41, 5.74) is 8.65. The molecule has 0 unspecified atom stereocenters. The first kappa shape index (κ1) is 15.3. The number of nitrogens with two attached hydrogens (primary N) is 1. The van der Waals surface area contributed by atoms with E-state index in [-0.39, 0.29) is 17.5 Å². The van der Waals surface area contributed by atoms with Gasteiger partial charge in [-0.2, -0.15) is 10.1 Å². The maximum Gasteiger partial charge on any atom is 0.322 e. The first-order valence-corrected chi connectivity index (χ1v) is 7.69. The smallest absolute Gasteiger partial charge is 0.322 e. The Balaban J connectivity index is 1.79. The summed E-state index contributed by atoms with van der Waals surface area (Å²) < 4.78 is 20.8. The SMILES string of the molecule is Cn1nc(C(N)=O)c2c1-c1nc(Oc3ccccc3F)ncc1CC2. The predicted octanol–water partition coefficient (Wildman–Crippen LogP) is 2.01. The fraction of sp³-hybridized carbons (Fsp3) is 0.176. The van der Waals surface area contributed by atoms with Crippen molar-refractivity contribution in [3.8, 4) is 23.1 Å². The van der Waals surface area contributed by atoms with Crippen molar-refractivity contribution in [2.75, 3.05) is 0 Å². The summed E-state index contributed by atoms with van der Waals surface area (Å²) >= 11 is 0. The number of aromatic nitrogens is 4. The largest absolute Gasteiger partial charge is 0.421 e. The lowest BCUT2D eigenvalue weighted by Gasteiger charge is -2.17. The van der Waals surface area contributed by atoms with E-state index in [0.29, 0.717) is 24.2 Å². The molecule has 2 heterocycles. The van der Waals surface area contributed by atoms with Crippen LogP contribution in [0.15, 0.2) is 30.5 Å². The summed E-state index contributed by atoms with van der Waals surface area (Å²) in [6, 6.07) is 6.06. The van der Waals surface area contributed by atoms with Gasteiger partial charge in [0.25, 0.3) is 5.91 Å². The second-order valence-corrected chi connectivity index (χ2v) is 5.72. The van der Waals surface area contributed by atoms with Gasteiger partial charge in [0, 0.05) is 18.8 Å². The molecule has 126 valence electrons. The van der Waals surface area contributed by atoms with E-state index in [2.05, 4.69) is 15.1 Å². The van der Waals surface area contributed by atoms with Crippen LogP contribution in [-0.4, -0.2) is 25.7 Å². The molecule has 0 spiro atoms. The molecule has 1 amide bonds. The molecule has 2 N–H and O–H groups in total. The van der Waals surface area contributed by atoms with Crippen molar-refractivity contribution in [3.05, 3.63) is 53.1 Å². The lowest BCUT2D eigenvalue weighted by Crippen LogP contribution is -2.15. The van der Waals surface area contributed by atoms with E-state index in [1.807, 2.05) is 0 Å². The monoisotopic (exact) mass is 339 g/mol. The number of fused-ring (bicyclic) bond motifs is 3. The Morgan fingerprint density at radius 3 is 2.88 bits per heavy atom. The maximum atomic E-state index is 13.8. The number of ether oxygens (including phenoxy) is 1. The van der Waals surface area contributed by atoms with Crippen LogP contribution in [0.3, 0.4) is 0 Å². The van der Waals surface area contributed by atoms with Gasteiger partial charge in [-0.1, -0.05) is 12.1 Å². The topological polar surface area (TPSA) is 95.9 Å². The van der Waals surface area contributed by atoms with Crippen LogP contribution in [0.2, 0.25) is 0 Å². The highest BCUT2D eigenvalue weighted by molar-refractivity contribution is 5.94. The number of carbonyl (C=O) groups excluding carboxylic acids is 1. The molecule has 3 aromatic rings. The summed E-state index contributed by atoms with van der Waals surface area (Å²) in [4.78, 5) is 20.2. The number of hydrogen-bond donors (Lipinski definition) is 1. The molecule has 2 aromatic heterocycles. The van der Waals surface area contributed by atoms with Crippen LogP contribution < -0.4 is 10.5 Å². The number of primary amides is 1.